The lowest BCUT2D eigenvalue weighted by atomic mass is 10.1. The molecule has 1 aliphatic heterocycles. The molecular weight excluding hydrogens is 283 g/mol. The minimum atomic E-state index is -0.233. The van der Waals surface area contributed by atoms with Gasteiger partial charge in [-0.25, -0.2) is 4.39 Å². The van der Waals surface area contributed by atoms with E-state index in [2.05, 4.69) is 5.32 Å². The monoisotopic (exact) mass is 304 g/mol. The van der Waals surface area contributed by atoms with E-state index in [-0.39, 0.29) is 23.5 Å². The van der Waals surface area contributed by atoms with Crippen LogP contribution in [0.15, 0.2) is 24.3 Å². The fourth-order valence-corrected chi connectivity index (χ4v) is 2.95. The Bertz CT molecular complexity index is 554. The number of aryl methyl sites for hydroxylation is 1. The van der Waals surface area contributed by atoms with E-state index in [1.165, 1.54) is 12.1 Å². The van der Waals surface area contributed by atoms with Gasteiger partial charge in [0.25, 0.3) is 0 Å². The van der Waals surface area contributed by atoms with Gasteiger partial charge in [-0.2, -0.15) is 0 Å². The Labute approximate surface area is 129 Å². The van der Waals surface area contributed by atoms with E-state index in [0.717, 1.165) is 31.2 Å². The number of nitrogens with zero attached hydrogens (tertiary/aromatic N) is 1. The number of nitrogens with one attached hydrogen (secondary N) is 1. The molecule has 1 aliphatic carbocycles. The zero-order chi connectivity index (χ0) is 15.5. The molecule has 1 saturated heterocycles. The van der Waals surface area contributed by atoms with Crippen molar-refractivity contribution in [1.29, 1.82) is 0 Å². The summed E-state index contributed by atoms with van der Waals surface area (Å²) in [5.41, 5.74) is 1.06. The number of carbonyl (C=O) groups excluding carboxylic acids is 2. The minimum Gasteiger partial charge on any atom is -0.356 e. The molecule has 2 fully saturated rings. The van der Waals surface area contributed by atoms with Gasteiger partial charge < -0.3 is 10.2 Å². The van der Waals surface area contributed by atoms with Crippen LogP contribution in [0.2, 0.25) is 0 Å². The van der Waals surface area contributed by atoms with Crippen LogP contribution < -0.4 is 5.32 Å². The van der Waals surface area contributed by atoms with Gasteiger partial charge in [0.1, 0.15) is 5.82 Å². The van der Waals surface area contributed by atoms with Crippen molar-refractivity contribution in [1.82, 2.24) is 10.2 Å². The third-order valence-corrected chi connectivity index (χ3v) is 4.37. The molecule has 0 radical (unpaired) electrons. The Morgan fingerprint density at radius 1 is 1.27 bits per heavy atom. The average Bonchev–Trinajstić information content (AvgIpc) is 3.28. The summed E-state index contributed by atoms with van der Waals surface area (Å²) in [5.74, 6) is -0.327. The maximum atomic E-state index is 12.8. The average molecular weight is 304 g/mol. The van der Waals surface area contributed by atoms with E-state index in [1.54, 1.807) is 12.1 Å². The van der Waals surface area contributed by atoms with Crippen LogP contribution in [0.3, 0.4) is 0 Å². The van der Waals surface area contributed by atoms with Crippen LogP contribution in [0.4, 0.5) is 4.39 Å². The van der Waals surface area contributed by atoms with Gasteiger partial charge in [0.2, 0.25) is 11.8 Å². The minimum absolute atomic E-state index is 0.0180. The lowest BCUT2D eigenvalue weighted by molar-refractivity contribution is -0.129. The first-order valence-corrected chi connectivity index (χ1v) is 7.95. The van der Waals surface area contributed by atoms with Crippen molar-refractivity contribution in [3.63, 3.8) is 0 Å². The molecule has 0 unspecified atom stereocenters. The summed E-state index contributed by atoms with van der Waals surface area (Å²) in [5, 5.41) is 2.91. The number of carbonyl (C=O) groups is 2. The summed E-state index contributed by atoms with van der Waals surface area (Å²) in [4.78, 5) is 25.8. The molecule has 1 saturated carbocycles. The number of halogens is 1. The van der Waals surface area contributed by atoms with E-state index in [0.29, 0.717) is 25.6 Å². The lowest BCUT2D eigenvalue weighted by Crippen LogP contribution is -2.34. The van der Waals surface area contributed by atoms with E-state index in [1.807, 2.05) is 4.90 Å². The molecule has 3 rings (SSSR count). The number of hydrogen-bond donors (Lipinski definition) is 1. The van der Waals surface area contributed by atoms with Crippen molar-refractivity contribution in [2.45, 2.75) is 38.1 Å². The summed E-state index contributed by atoms with van der Waals surface area (Å²) in [6.45, 7) is 1.16. The molecule has 1 heterocycles. The largest absolute Gasteiger partial charge is 0.356 e. The summed E-state index contributed by atoms with van der Waals surface area (Å²) in [6.07, 6.45) is 4.12. The van der Waals surface area contributed by atoms with E-state index in [4.69, 9.17) is 0 Å². The molecular formula is C17H21FN2O2. The molecule has 4 nitrogen and oxygen atoms in total. The van der Waals surface area contributed by atoms with Crippen LogP contribution in [-0.2, 0) is 16.0 Å². The highest BCUT2D eigenvalue weighted by Crippen LogP contribution is 2.32. The molecule has 1 N–H and O–H groups in total. The Hall–Kier alpha value is -1.91. The van der Waals surface area contributed by atoms with Gasteiger partial charge in [-0.05, 0) is 43.4 Å². The van der Waals surface area contributed by atoms with Gasteiger partial charge in [0, 0.05) is 25.6 Å². The van der Waals surface area contributed by atoms with Crippen LogP contribution in [0.5, 0.6) is 0 Å². The lowest BCUT2D eigenvalue weighted by Gasteiger charge is -2.15. The third kappa shape index (κ3) is 3.64. The number of likely N-dealkylation sites (tertiary alicyclic amines) is 1. The Morgan fingerprint density at radius 2 is 2.00 bits per heavy atom. The van der Waals surface area contributed by atoms with Crippen LogP contribution >= 0.6 is 0 Å². The van der Waals surface area contributed by atoms with Gasteiger partial charge >= 0.3 is 0 Å². The first-order chi connectivity index (χ1) is 10.6. The highest BCUT2D eigenvalue weighted by Gasteiger charge is 2.41. The summed E-state index contributed by atoms with van der Waals surface area (Å²) >= 11 is 0. The van der Waals surface area contributed by atoms with Gasteiger partial charge in [0.05, 0.1) is 5.92 Å². The SMILES string of the molecule is O=C(NCCCc1ccc(F)cc1)[C@@H]1CC(=O)N(C2CC2)C1. The molecule has 0 aromatic heterocycles. The number of amides is 2. The molecule has 22 heavy (non-hydrogen) atoms. The van der Waals surface area contributed by atoms with Gasteiger partial charge in [-0.15, -0.1) is 0 Å². The smallest absolute Gasteiger partial charge is 0.225 e. The van der Waals surface area contributed by atoms with E-state index in [9.17, 15) is 14.0 Å². The first-order valence-electron chi connectivity index (χ1n) is 7.95. The van der Waals surface area contributed by atoms with Gasteiger partial charge in [-0.3, -0.25) is 9.59 Å². The Morgan fingerprint density at radius 3 is 2.68 bits per heavy atom. The molecule has 0 spiro atoms. The number of hydrogen-bond acceptors (Lipinski definition) is 2. The normalized spacial score (nSPS) is 21.2. The third-order valence-electron chi connectivity index (χ3n) is 4.37. The summed E-state index contributed by atoms with van der Waals surface area (Å²) < 4.78 is 12.8. The van der Waals surface area contributed by atoms with Crippen molar-refractivity contribution >= 4 is 11.8 Å². The molecule has 5 heteroatoms. The van der Waals surface area contributed by atoms with E-state index >= 15 is 0 Å². The van der Waals surface area contributed by atoms with Crippen LogP contribution in [0.25, 0.3) is 0 Å². The number of rotatable bonds is 6. The highest BCUT2D eigenvalue weighted by atomic mass is 19.1. The van der Waals surface area contributed by atoms with Crippen LogP contribution in [-0.4, -0.2) is 35.8 Å². The second-order valence-electron chi connectivity index (χ2n) is 6.20. The molecule has 1 aromatic carbocycles. The van der Waals surface area contributed by atoms with Gasteiger partial charge in [0.15, 0.2) is 0 Å². The quantitative estimate of drug-likeness (QED) is 0.816. The van der Waals surface area contributed by atoms with Gasteiger partial charge in [-0.1, -0.05) is 12.1 Å². The fraction of sp³-hybridized carbons (Fsp3) is 0.529. The maximum absolute atomic E-state index is 12.8. The summed E-state index contributed by atoms with van der Waals surface area (Å²) in [7, 11) is 0. The highest BCUT2D eigenvalue weighted by molar-refractivity contribution is 5.89. The Balaban J connectivity index is 1.37. The molecule has 2 amide bonds. The van der Waals surface area contributed by atoms with Crippen LogP contribution in [0, 0.1) is 11.7 Å². The molecule has 1 aromatic rings. The fourth-order valence-electron chi connectivity index (χ4n) is 2.95. The first kappa shape index (κ1) is 15.0. The zero-order valence-electron chi connectivity index (χ0n) is 12.6. The predicted molar refractivity (Wildman–Crippen MR) is 80.6 cm³/mol. The molecule has 0 bridgehead atoms. The van der Waals surface area contributed by atoms with Crippen LogP contribution in [0.1, 0.15) is 31.2 Å². The Kier molecular flexibility index (Phi) is 4.41. The molecule has 2 aliphatic rings. The standard InChI is InChI=1S/C17H21FN2O2/c18-14-5-3-12(4-6-14)2-1-9-19-17(22)13-10-16(21)20(11-13)15-7-8-15/h3-6,13,15H,1-2,7-11H2,(H,19,22)/t13-/m1/s1. The van der Waals surface area contributed by atoms with Crippen molar-refractivity contribution in [2.24, 2.45) is 5.92 Å². The zero-order valence-corrected chi connectivity index (χ0v) is 12.6. The van der Waals surface area contributed by atoms with E-state index < -0.39 is 0 Å². The second-order valence-corrected chi connectivity index (χ2v) is 6.20. The summed E-state index contributed by atoms with van der Waals surface area (Å²) in [6, 6.07) is 6.82. The van der Waals surface area contributed by atoms with Crippen molar-refractivity contribution in [3.8, 4) is 0 Å². The van der Waals surface area contributed by atoms with Crippen molar-refractivity contribution in [2.75, 3.05) is 13.1 Å². The number of benzene rings is 1. The van der Waals surface area contributed by atoms with Crippen molar-refractivity contribution in [3.05, 3.63) is 35.6 Å². The van der Waals surface area contributed by atoms with Crippen molar-refractivity contribution < 1.29 is 14.0 Å². The second kappa shape index (κ2) is 6.46. The maximum Gasteiger partial charge on any atom is 0.225 e. The molecule has 118 valence electrons. The predicted octanol–water partition coefficient (Wildman–Crippen LogP) is 1.89. The topological polar surface area (TPSA) is 49.4 Å². The molecule has 1 atom stereocenters.